The van der Waals surface area contributed by atoms with Crippen LogP contribution in [0.3, 0.4) is 0 Å². The fourth-order valence-electron chi connectivity index (χ4n) is 2.41. The molecule has 1 aliphatic heterocycles. The van der Waals surface area contributed by atoms with Crippen molar-refractivity contribution in [2.75, 3.05) is 23.3 Å². The Bertz CT molecular complexity index is 899. The fourth-order valence-corrected chi connectivity index (χ4v) is 3.92. The molecule has 0 unspecified atom stereocenters. The number of fused-ring (bicyclic) bond motifs is 1. The number of hydrogen-bond acceptors (Lipinski definition) is 4. The molecule has 2 aromatic rings. The number of hydrogen-bond donors (Lipinski definition) is 1. The van der Waals surface area contributed by atoms with Gasteiger partial charge in [-0.15, -0.1) is 0 Å². The van der Waals surface area contributed by atoms with Crippen LogP contribution in [-0.4, -0.2) is 28.0 Å². The molecular formula is C16H15ClN2O4S. The zero-order valence-electron chi connectivity index (χ0n) is 12.8. The standard InChI is InChI=1S/C16H15ClN2O4S/c1-19-14-8-4-7-13(16(14)23-9-15(19)20)18-24(21,22)10-11-5-2-3-6-12(11)17/h2-8,18H,9-10H2,1H3. The van der Waals surface area contributed by atoms with Gasteiger partial charge in [-0.05, 0) is 23.8 Å². The number of rotatable bonds is 4. The first-order valence-corrected chi connectivity index (χ1v) is 9.17. The van der Waals surface area contributed by atoms with E-state index in [9.17, 15) is 13.2 Å². The summed E-state index contributed by atoms with van der Waals surface area (Å²) in [7, 11) is -2.08. The third kappa shape index (κ3) is 3.32. The lowest BCUT2D eigenvalue weighted by atomic mass is 10.2. The highest BCUT2D eigenvalue weighted by molar-refractivity contribution is 7.91. The van der Waals surface area contributed by atoms with Gasteiger partial charge in [0.1, 0.15) is 0 Å². The third-order valence-electron chi connectivity index (χ3n) is 3.64. The highest BCUT2D eigenvalue weighted by atomic mass is 35.5. The Labute approximate surface area is 145 Å². The maximum Gasteiger partial charge on any atom is 0.264 e. The molecule has 0 aliphatic carbocycles. The molecule has 1 aliphatic rings. The molecule has 0 aromatic heterocycles. The first kappa shape index (κ1) is 16.6. The SMILES string of the molecule is CN1C(=O)COc2c(NS(=O)(=O)Cc3ccccc3Cl)cccc21. The van der Waals surface area contributed by atoms with Crippen molar-refractivity contribution in [3.8, 4) is 5.75 Å². The summed E-state index contributed by atoms with van der Waals surface area (Å²) in [5.74, 6) is -0.119. The lowest BCUT2D eigenvalue weighted by Gasteiger charge is -2.27. The Kier molecular flexibility index (Phi) is 4.38. The molecule has 1 amide bonds. The molecule has 1 heterocycles. The van der Waals surface area contributed by atoms with E-state index in [1.165, 1.54) is 4.90 Å². The van der Waals surface area contributed by atoms with Crippen molar-refractivity contribution in [1.29, 1.82) is 0 Å². The van der Waals surface area contributed by atoms with E-state index in [1.54, 1.807) is 49.5 Å². The minimum atomic E-state index is -3.69. The lowest BCUT2D eigenvalue weighted by molar-refractivity contribution is -0.120. The van der Waals surface area contributed by atoms with Crippen LogP contribution in [0.4, 0.5) is 11.4 Å². The van der Waals surface area contributed by atoms with Crippen molar-refractivity contribution < 1.29 is 17.9 Å². The Morgan fingerprint density at radius 3 is 2.71 bits per heavy atom. The molecule has 8 heteroatoms. The number of carbonyl (C=O) groups excluding carboxylic acids is 1. The second-order valence-electron chi connectivity index (χ2n) is 5.35. The summed E-state index contributed by atoms with van der Waals surface area (Å²) < 4.78 is 32.8. The van der Waals surface area contributed by atoms with Crippen molar-refractivity contribution in [1.82, 2.24) is 0 Å². The summed E-state index contributed by atoms with van der Waals surface area (Å²) in [6.45, 7) is -0.132. The van der Waals surface area contributed by atoms with Crippen LogP contribution in [0.15, 0.2) is 42.5 Å². The molecule has 0 bridgehead atoms. The van der Waals surface area contributed by atoms with Gasteiger partial charge in [0.25, 0.3) is 5.91 Å². The van der Waals surface area contributed by atoms with Crippen LogP contribution in [0.25, 0.3) is 0 Å². The largest absolute Gasteiger partial charge is 0.479 e. The van der Waals surface area contributed by atoms with Gasteiger partial charge in [-0.25, -0.2) is 8.42 Å². The van der Waals surface area contributed by atoms with Crippen LogP contribution >= 0.6 is 11.6 Å². The van der Waals surface area contributed by atoms with Gasteiger partial charge >= 0.3 is 0 Å². The number of nitrogens with zero attached hydrogens (tertiary/aromatic N) is 1. The monoisotopic (exact) mass is 366 g/mol. The summed E-state index contributed by atoms with van der Waals surface area (Å²) in [6.07, 6.45) is 0. The number of ether oxygens (including phenoxy) is 1. The second kappa shape index (κ2) is 6.33. The minimum Gasteiger partial charge on any atom is -0.479 e. The van der Waals surface area contributed by atoms with Crippen LogP contribution in [0, 0.1) is 0 Å². The maximum absolute atomic E-state index is 12.4. The fraction of sp³-hybridized carbons (Fsp3) is 0.188. The molecular weight excluding hydrogens is 352 g/mol. The van der Waals surface area contributed by atoms with Gasteiger partial charge in [-0.1, -0.05) is 35.9 Å². The number of nitrogens with one attached hydrogen (secondary N) is 1. The van der Waals surface area contributed by atoms with Gasteiger partial charge < -0.3 is 9.64 Å². The van der Waals surface area contributed by atoms with E-state index in [1.807, 2.05) is 0 Å². The highest BCUT2D eigenvalue weighted by Crippen LogP contribution is 2.38. The predicted octanol–water partition coefficient (Wildman–Crippen LogP) is 2.64. The molecule has 0 fully saturated rings. The molecule has 0 radical (unpaired) electrons. The van der Waals surface area contributed by atoms with Crippen LogP contribution in [0.2, 0.25) is 5.02 Å². The molecule has 0 spiro atoms. The van der Waals surface area contributed by atoms with Gasteiger partial charge in [0.05, 0.1) is 17.1 Å². The third-order valence-corrected chi connectivity index (χ3v) is 5.23. The lowest BCUT2D eigenvalue weighted by Crippen LogP contribution is -2.35. The summed E-state index contributed by atoms with van der Waals surface area (Å²) >= 11 is 6.02. The molecule has 0 saturated heterocycles. The first-order chi connectivity index (χ1) is 11.4. The molecule has 126 valence electrons. The number of sulfonamides is 1. The van der Waals surface area contributed by atoms with Crippen LogP contribution in [0.1, 0.15) is 5.56 Å². The van der Waals surface area contributed by atoms with E-state index in [4.69, 9.17) is 16.3 Å². The summed E-state index contributed by atoms with van der Waals surface area (Å²) in [5.41, 5.74) is 1.31. The van der Waals surface area contributed by atoms with E-state index in [0.29, 0.717) is 27.7 Å². The van der Waals surface area contributed by atoms with E-state index >= 15 is 0 Å². The van der Waals surface area contributed by atoms with Crippen molar-refractivity contribution in [2.24, 2.45) is 0 Å². The molecule has 0 saturated carbocycles. The Balaban J connectivity index is 1.89. The Morgan fingerprint density at radius 2 is 1.96 bits per heavy atom. The molecule has 6 nitrogen and oxygen atoms in total. The number of likely N-dealkylation sites (N-methyl/N-ethyl adjacent to an activating group) is 1. The summed E-state index contributed by atoms with van der Waals surface area (Å²) in [5, 5.41) is 0.388. The van der Waals surface area contributed by atoms with Crippen molar-refractivity contribution >= 4 is 38.9 Å². The average molecular weight is 367 g/mol. The quantitative estimate of drug-likeness (QED) is 0.902. The molecule has 2 aromatic carbocycles. The first-order valence-electron chi connectivity index (χ1n) is 7.13. The normalized spacial score (nSPS) is 14.1. The van der Waals surface area contributed by atoms with Gasteiger partial charge in [-0.3, -0.25) is 9.52 Å². The molecule has 24 heavy (non-hydrogen) atoms. The van der Waals surface area contributed by atoms with Crippen molar-refractivity contribution in [3.05, 3.63) is 53.1 Å². The number of benzene rings is 2. The van der Waals surface area contributed by atoms with E-state index < -0.39 is 10.0 Å². The highest BCUT2D eigenvalue weighted by Gasteiger charge is 2.26. The van der Waals surface area contributed by atoms with E-state index in [0.717, 1.165) is 0 Å². The van der Waals surface area contributed by atoms with Gasteiger partial charge in [0.2, 0.25) is 10.0 Å². The number of carbonyl (C=O) groups is 1. The number of anilines is 2. The minimum absolute atomic E-state index is 0.132. The molecule has 0 atom stereocenters. The smallest absolute Gasteiger partial charge is 0.264 e. The van der Waals surface area contributed by atoms with Gasteiger partial charge in [0.15, 0.2) is 12.4 Å². The van der Waals surface area contributed by atoms with Gasteiger partial charge in [0, 0.05) is 12.1 Å². The Morgan fingerprint density at radius 1 is 1.21 bits per heavy atom. The summed E-state index contributed by atoms with van der Waals surface area (Å²) in [6, 6.07) is 11.7. The zero-order valence-corrected chi connectivity index (χ0v) is 14.4. The number of halogens is 1. The number of para-hydroxylation sites is 1. The molecule has 1 N–H and O–H groups in total. The van der Waals surface area contributed by atoms with E-state index in [2.05, 4.69) is 4.72 Å². The summed E-state index contributed by atoms with van der Waals surface area (Å²) in [4.78, 5) is 13.1. The molecule has 3 rings (SSSR count). The Hall–Kier alpha value is -2.25. The second-order valence-corrected chi connectivity index (χ2v) is 7.48. The predicted molar refractivity (Wildman–Crippen MR) is 93.0 cm³/mol. The van der Waals surface area contributed by atoms with Crippen molar-refractivity contribution in [3.63, 3.8) is 0 Å². The number of amides is 1. The van der Waals surface area contributed by atoms with Crippen LogP contribution in [0.5, 0.6) is 5.75 Å². The topological polar surface area (TPSA) is 75.7 Å². The zero-order chi connectivity index (χ0) is 17.3. The maximum atomic E-state index is 12.4. The average Bonchev–Trinajstić information content (AvgIpc) is 2.53. The van der Waals surface area contributed by atoms with Crippen LogP contribution in [-0.2, 0) is 20.6 Å². The van der Waals surface area contributed by atoms with Crippen molar-refractivity contribution in [2.45, 2.75) is 5.75 Å². The van der Waals surface area contributed by atoms with Gasteiger partial charge in [-0.2, -0.15) is 0 Å². The van der Waals surface area contributed by atoms with E-state index in [-0.39, 0.29) is 18.3 Å². The van der Waals surface area contributed by atoms with Crippen LogP contribution < -0.4 is 14.4 Å².